The van der Waals surface area contributed by atoms with Gasteiger partial charge in [-0.3, -0.25) is 0 Å². The van der Waals surface area contributed by atoms with E-state index in [2.05, 4.69) is 21.2 Å². The van der Waals surface area contributed by atoms with Crippen molar-refractivity contribution in [2.24, 2.45) is 0 Å². The zero-order valence-electron chi connectivity index (χ0n) is 9.81. The second-order valence-electron chi connectivity index (χ2n) is 4.06. The Balaban J connectivity index is 2.09. The summed E-state index contributed by atoms with van der Waals surface area (Å²) in [4.78, 5) is 0. The van der Waals surface area contributed by atoms with Gasteiger partial charge in [0.1, 0.15) is 5.82 Å². The molecule has 2 aromatic rings. The van der Waals surface area contributed by atoms with Crippen molar-refractivity contribution >= 4 is 33.2 Å². The lowest BCUT2D eigenvalue weighted by molar-refractivity contribution is 0.627. The summed E-state index contributed by atoms with van der Waals surface area (Å²) in [6, 6.07) is 10.5. The van der Waals surface area contributed by atoms with Crippen LogP contribution < -0.4 is 5.32 Å². The van der Waals surface area contributed by atoms with E-state index in [1.54, 1.807) is 6.07 Å². The van der Waals surface area contributed by atoms with E-state index in [0.29, 0.717) is 11.6 Å². The van der Waals surface area contributed by atoms with Crippen molar-refractivity contribution in [1.82, 2.24) is 0 Å². The van der Waals surface area contributed by atoms with Crippen LogP contribution in [0.2, 0.25) is 5.02 Å². The summed E-state index contributed by atoms with van der Waals surface area (Å²) >= 11 is 9.32. The Labute approximate surface area is 119 Å². The van der Waals surface area contributed by atoms with Crippen LogP contribution in [0.15, 0.2) is 40.9 Å². The van der Waals surface area contributed by atoms with Gasteiger partial charge in [-0.15, -0.1) is 0 Å². The van der Waals surface area contributed by atoms with Crippen molar-refractivity contribution in [2.45, 2.75) is 13.5 Å². The van der Waals surface area contributed by atoms with E-state index in [1.807, 2.05) is 25.1 Å². The van der Waals surface area contributed by atoms with Crippen LogP contribution in [0.5, 0.6) is 0 Å². The van der Waals surface area contributed by atoms with Crippen molar-refractivity contribution < 1.29 is 4.39 Å². The van der Waals surface area contributed by atoms with Crippen LogP contribution in [-0.2, 0) is 6.54 Å². The zero-order chi connectivity index (χ0) is 13.1. The SMILES string of the molecule is Cc1cc(F)ccc1NCc1ccc(Cl)c(Br)c1. The molecule has 0 atom stereocenters. The maximum Gasteiger partial charge on any atom is 0.123 e. The molecule has 1 nitrogen and oxygen atoms in total. The molecule has 0 aliphatic rings. The van der Waals surface area contributed by atoms with Gasteiger partial charge in [0.05, 0.1) is 5.02 Å². The summed E-state index contributed by atoms with van der Waals surface area (Å²) in [7, 11) is 0. The minimum Gasteiger partial charge on any atom is -0.381 e. The van der Waals surface area contributed by atoms with Crippen molar-refractivity contribution in [1.29, 1.82) is 0 Å². The molecule has 0 aromatic heterocycles. The van der Waals surface area contributed by atoms with E-state index in [9.17, 15) is 4.39 Å². The third-order valence-corrected chi connectivity index (χ3v) is 3.87. The predicted molar refractivity (Wildman–Crippen MR) is 77.6 cm³/mol. The van der Waals surface area contributed by atoms with Crippen molar-refractivity contribution in [3.63, 3.8) is 0 Å². The number of hydrogen-bond acceptors (Lipinski definition) is 1. The van der Waals surface area contributed by atoms with Crippen molar-refractivity contribution in [2.75, 3.05) is 5.32 Å². The molecule has 0 saturated carbocycles. The van der Waals surface area contributed by atoms with Crippen molar-refractivity contribution in [3.8, 4) is 0 Å². The van der Waals surface area contributed by atoms with Crippen LogP contribution in [0, 0.1) is 12.7 Å². The van der Waals surface area contributed by atoms with Gasteiger partial charge in [-0.05, 0) is 64.3 Å². The Kier molecular flexibility index (Phi) is 4.25. The summed E-state index contributed by atoms with van der Waals surface area (Å²) in [5.41, 5.74) is 2.93. The lowest BCUT2D eigenvalue weighted by Crippen LogP contribution is -2.01. The molecule has 18 heavy (non-hydrogen) atoms. The van der Waals surface area contributed by atoms with Crippen LogP contribution in [-0.4, -0.2) is 0 Å². The van der Waals surface area contributed by atoms with E-state index >= 15 is 0 Å². The Morgan fingerprint density at radius 1 is 1.22 bits per heavy atom. The molecule has 0 unspecified atom stereocenters. The number of benzene rings is 2. The lowest BCUT2D eigenvalue weighted by atomic mass is 10.1. The van der Waals surface area contributed by atoms with Gasteiger partial charge in [0, 0.05) is 16.7 Å². The van der Waals surface area contributed by atoms with Crippen LogP contribution >= 0.6 is 27.5 Å². The Morgan fingerprint density at radius 3 is 2.67 bits per heavy atom. The molecule has 0 aliphatic carbocycles. The number of aryl methyl sites for hydroxylation is 1. The van der Waals surface area contributed by atoms with E-state index in [4.69, 9.17) is 11.6 Å². The molecular formula is C14H12BrClFN. The van der Waals surface area contributed by atoms with E-state index in [1.165, 1.54) is 12.1 Å². The standard InChI is InChI=1S/C14H12BrClFN/c1-9-6-11(17)3-5-14(9)18-8-10-2-4-13(16)12(15)7-10/h2-7,18H,8H2,1H3. The average Bonchev–Trinajstić information content (AvgIpc) is 2.32. The Morgan fingerprint density at radius 2 is 2.00 bits per heavy atom. The molecule has 0 saturated heterocycles. The van der Waals surface area contributed by atoms with Gasteiger partial charge in [-0.25, -0.2) is 4.39 Å². The van der Waals surface area contributed by atoms with E-state index in [0.717, 1.165) is 21.3 Å². The lowest BCUT2D eigenvalue weighted by Gasteiger charge is -2.10. The summed E-state index contributed by atoms with van der Waals surface area (Å²) < 4.78 is 13.8. The summed E-state index contributed by atoms with van der Waals surface area (Å²) in [6.45, 7) is 2.55. The monoisotopic (exact) mass is 327 g/mol. The first-order chi connectivity index (χ1) is 8.56. The average molecular weight is 329 g/mol. The maximum atomic E-state index is 13.0. The first-order valence-electron chi connectivity index (χ1n) is 5.50. The van der Waals surface area contributed by atoms with Gasteiger partial charge in [0.15, 0.2) is 0 Å². The van der Waals surface area contributed by atoms with Gasteiger partial charge in [-0.2, -0.15) is 0 Å². The molecule has 0 aliphatic heterocycles. The van der Waals surface area contributed by atoms with E-state index in [-0.39, 0.29) is 5.82 Å². The number of nitrogens with one attached hydrogen (secondary N) is 1. The highest BCUT2D eigenvalue weighted by Gasteiger charge is 2.02. The highest BCUT2D eigenvalue weighted by Crippen LogP contribution is 2.24. The molecule has 1 N–H and O–H groups in total. The fourth-order valence-corrected chi connectivity index (χ4v) is 2.22. The van der Waals surface area contributed by atoms with E-state index < -0.39 is 0 Å². The number of halogens is 3. The third-order valence-electron chi connectivity index (χ3n) is 2.66. The van der Waals surface area contributed by atoms with Gasteiger partial charge >= 0.3 is 0 Å². The Hall–Kier alpha value is -1.06. The number of rotatable bonds is 3. The largest absolute Gasteiger partial charge is 0.381 e. The molecule has 0 spiro atoms. The molecule has 0 amide bonds. The Bertz CT molecular complexity index is 572. The number of hydrogen-bond donors (Lipinski definition) is 1. The second-order valence-corrected chi connectivity index (χ2v) is 5.32. The minimum absolute atomic E-state index is 0.215. The molecule has 2 rings (SSSR count). The normalized spacial score (nSPS) is 10.4. The number of anilines is 1. The fourth-order valence-electron chi connectivity index (χ4n) is 1.67. The van der Waals surface area contributed by atoms with Gasteiger partial charge in [-0.1, -0.05) is 17.7 Å². The summed E-state index contributed by atoms with van der Waals surface area (Å²) in [5, 5.41) is 3.96. The fraction of sp³-hybridized carbons (Fsp3) is 0.143. The van der Waals surface area contributed by atoms with Gasteiger partial charge in [0.2, 0.25) is 0 Å². The zero-order valence-corrected chi connectivity index (χ0v) is 12.1. The van der Waals surface area contributed by atoms with Gasteiger partial charge in [0.25, 0.3) is 0 Å². The highest BCUT2D eigenvalue weighted by atomic mass is 79.9. The molecule has 94 valence electrons. The highest BCUT2D eigenvalue weighted by molar-refractivity contribution is 9.10. The quantitative estimate of drug-likeness (QED) is 0.820. The maximum absolute atomic E-state index is 13.0. The predicted octanol–water partition coefficient (Wildman–Crippen LogP) is 5.16. The molecule has 0 heterocycles. The summed E-state index contributed by atoms with van der Waals surface area (Å²) in [6.07, 6.45) is 0. The second kappa shape index (κ2) is 5.72. The van der Waals surface area contributed by atoms with Gasteiger partial charge < -0.3 is 5.32 Å². The van der Waals surface area contributed by atoms with Crippen LogP contribution in [0.3, 0.4) is 0 Å². The molecule has 2 aromatic carbocycles. The smallest absolute Gasteiger partial charge is 0.123 e. The van der Waals surface area contributed by atoms with Crippen molar-refractivity contribution in [3.05, 3.63) is 62.8 Å². The topological polar surface area (TPSA) is 12.0 Å². The molecule has 0 radical (unpaired) electrons. The molecule has 0 fully saturated rings. The first kappa shape index (κ1) is 13.4. The summed E-state index contributed by atoms with van der Waals surface area (Å²) in [5.74, 6) is -0.215. The minimum atomic E-state index is -0.215. The molecular weight excluding hydrogens is 317 g/mol. The van der Waals surface area contributed by atoms with Crippen LogP contribution in [0.25, 0.3) is 0 Å². The van der Waals surface area contributed by atoms with Crippen LogP contribution in [0.1, 0.15) is 11.1 Å². The molecule has 0 bridgehead atoms. The first-order valence-corrected chi connectivity index (χ1v) is 6.67. The van der Waals surface area contributed by atoms with Crippen LogP contribution in [0.4, 0.5) is 10.1 Å². The third kappa shape index (κ3) is 3.24. The molecule has 4 heteroatoms.